The lowest BCUT2D eigenvalue weighted by atomic mass is 9.99. The summed E-state index contributed by atoms with van der Waals surface area (Å²) in [6.45, 7) is 2.27. The van der Waals surface area contributed by atoms with Crippen molar-refractivity contribution in [2.24, 2.45) is 0 Å². The Morgan fingerprint density at radius 3 is 1.86 bits per heavy atom. The fraction of sp³-hybridized carbons (Fsp3) is 0.571. The lowest BCUT2D eigenvalue weighted by Crippen LogP contribution is -1.88. The van der Waals surface area contributed by atoms with E-state index in [1.807, 2.05) is 0 Å². The van der Waals surface area contributed by atoms with Gasteiger partial charge in [0.2, 0.25) is 0 Å². The van der Waals surface area contributed by atoms with E-state index >= 15 is 0 Å². The first-order valence-electron chi connectivity index (χ1n) is 12.0. The summed E-state index contributed by atoms with van der Waals surface area (Å²) in [5.41, 5.74) is 1.53. The second kappa shape index (κ2) is 15.4. The van der Waals surface area contributed by atoms with Gasteiger partial charge in [0.1, 0.15) is 0 Å². The van der Waals surface area contributed by atoms with E-state index in [0.717, 1.165) is 0 Å². The summed E-state index contributed by atoms with van der Waals surface area (Å²) < 4.78 is 0. The first kappa shape index (κ1) is 22.7. The molecule has 2 rings (SSSR count). The Balaban J connectivity index is 1.40. The van der Waals surface area contributed by atoms with Crippen molar-refractivity contribution in [3.05, 3.63) is 60.2 Å². The number of fused-ring (bicyclic) bond motifs is 1. The molecule has 0 heterocycles. The van der Waals surface area contributed by atoms with Crippen LogP contribution in [0.4, 0.5) is 0 Å². The highest BCUT2D eigenvalue weighted by Crippen LogP contribution is 2.21. The van der Waals surface area contributed by atoms with Crippen LogP contribution in [0.3, 0.4) is 0 Å². The van der Waals surface area contributed by atoms with Crippen LogP contribution in [0.5, 0.6) is 0 Å². The monoisotopic (exact) mass is 378 g/mol. The summed E-state index contributed by atoms with van der Waals surface area (Å²) in [5, 5.41) is 2.83. The standard InChI is InChI=1S/C28H42/c1-2-3-4-5-6-7-8-9-10-11-12-13-14-15-16-17-21-26-23-20-24-27-22-18-19-25-28(26)27/h6-7,18-20,22-25H,2-5,8-17,21H2,1H3/b7-6+. The molecule has 0 atom stereocenters. The first-order valence-corrected chi connectivity index (χ1v) is 12.0. The Kier molecular flexibility index (Phi) is 12.5. The summed E-state index contributed by atoms with van der Waals surface area (Å²) in [6, 6.07) is 15.5. The number of allylic oxidation sites excluding steroid dienone is 2. The Labute approximate surface area is 174 Å². The van der Waals surface area contributed by atoms with Gasteiger partial charge in [-0.05, 0) is 54.9 Å². The molecule has 0 fully saturated rings. The molecular weight excluding hydrogens is 336 g/mol. The SMILES string of the molecule is CCCCC/C=C/CCCCCCCCCCCc1cccc2ccccc12. The van der Waals surface area contributed by atoms with Crippen molar-refractivity contribution < 1.29 is 0 Å². The third kappa shape index (κ3) is 9.58. The van der Waals surface area contributed by atoms with Crippen LogP contribution in [-0.2, 0) is 6.42 Å². The van der Waals surface area contributed by atoms with Gasteiger partial charge in [-0.2, -0.15) is 0 Å². The molecule has 0 bridgehead atoms. The molecular formula is C28H42. The number of hydrogen-bond donors (Lipinski definition) is 0. The lowest BCUT2D eigenvalue weighted by Gasteiger charge is -2.06. The molecule has 0 aliphatic rings. The molecule has 0 N–H and O–H groups in total. The van der Waals surface area contributed by atoms with Gasteiger partial charge >= 0.3 is 0 Å². The number of hydrogen-bond acceptors (Lipinski definition) is 0. The van der Waals surface area contributed by atoms with Gasteiger partial charge in [0.25, 0.3) is 0 Å². The fourth-order valence-electron chi connectivity index (χ4n) is 4.07. The first-order chi connectivity index (χ1) is 13.9. The number of benzene rings is 2. The van der Waals surface area contributed by atoms with Gasteiger partial charge in [-0.15, -0.1) is 0 Å². The summed E-state index contributed by atoms with van der Waals surface area (Å²) in [4.78, 5) is 0. The Hall–Kier alpha value is -1.56. The largest absolute Gasteiger partial charge is 0.0885 e. The topological polar surface area (TPSA) is 0 Å². The van der Waals surface area contributed by atoms with Crippen molar-refractivity contribution in [1.82, 2.24) is 0 Å². The van der Waals surface area contributed by atoms with E-state index in [-0.39, 0.29) is 0 Å². The summed E-state index contributed by atoms with van der Waals surface area (Å²) in [5.74, 6) is 0. The van der Waals surface area contributed by atoms with Gasteiger partial charge < -0.3 is 0 Å². The maximum absolute atomic E-state index is 2.41. The zero-order valence-corrected chi connectivity index (χ0v) is 18.3. The Morgan fingerprint density at radius 1 is 0.571 bits per heavy atom. The quantitative estimate of drug-likeness (QED) is 0.201. The van der Waals surface area contributed by atoms with Crippen LogP contribution in [-0.4, -0.2) is 0 Å². The minimum atomic E-state index is 1.23. The second-order valence-electron chi connectivity index (χ2n) is 8.33. The van der Waals surface area contributed by atoms with Crippen molar-refractivity contribution in [2.75, 3.05) is 0 Å². The van der Waals surface area contributed by atoms with Crippen LogP contribution < -0.4 is 0 Å². The van der Waals surface area contributed by atoms with Gasteiger partial charge in [0.05, 0.1) is 0 Å². The number of aryl methyl sites for hydroxylation is 1. The number of unbranched alkanes of at least 4 members (excludes halogenated alkanes) is 12. The zero-order valence-electron chi connectivity index (χ0n) is 18.3. The van der Waals surface area contributed by atoms with Crippen molar-refractivity contribution >= 4 is 10.8 Å². The molecule has 0 aromatic heterocycles. The van der Waals surface area contributed by atoms with E-state index in [0.29, 0.717) is 0 Å². The van der Waals surface area contributed by atoms with Crippen molar-refractivity contribution in [2.45, 2.75) is 103 Å². The van der Waals surface area contributed by atoms with Crippen LogP contribution >= 0.6 is 0 Å². The molecule has 0 saturated carbocycles. The minimum absolute atomic E-state index is 1.23. The highest BCUT2D eigenvalue weighted by Gasteiger charge is 2.00. The third-order valence-electron chi connectivity index (χ3n) is 5.84. The number of rotatable bonds is 16. The predicted molar refractivity (Wildman–Crippen MR) is 127 cm³/mol. The molecule has 0 heteroatoms. The molecule has 0 unspecified atom stereocenters. The van der Waals surface area contributed by atoms with Gasteiger partial charge in [-0.3, -0.25) is 0 Å². The highest BCUT2D eigenvalue weighted by atomic mass is 14.1. The normalized spacial score (nSPS) is 11.6. The summed E-state index contributed by atoms with van der Waals surface area (Å²) in [7, 11) is 0. The van der Waals surface area contributed by atoms with Crippen molar-refractivity contribution in [1.29, 1.82) is 0 Å². The maximum atomic E-state index is 2.41. The summed E-state index contributed by atoms with van der Waals surface area (Å²) in [6.07, 6.45) is 25.3. The lowest BCUT2D eigenvalue weighted by molar-refractivity contribution is 0.560. The zero-order chi connectivity index (χ0) is 19.7. The molecule has 0 spiro atoms. The molecule has 2 aromatic rings. The molecule has 0 aliphatic heterocycles. The van der Waals surface area contributed by atoms with Crippen molar-refractivity contribution in [3.63, 3.8) is 0 Å². The molecule has 0 amide bonds. The third-order valence-corrected chi connectivity index (χ3v) is 5.84. The van der Waals surface area contributed by atoms with Crippen molar-refractivity contribution in [3.8, 4) is 0 Å². The van der Waals surface area contributed by atoms with E-state index in [2.05, 4.69) is 61.5 Å². The van der Waals surface area contributed by atoms with E-state index in [4.69, 9.17) is 0 Å². The van der Waals surface area contributed by atoms with Crippen LogP contribution in [0.1, 0.15) is 102 Å². The van der Waals surface area contributed by atoms with Crippen LogP contribution in [0.15, 0.2) is 54.6 Å². The molecule has 28 heavy (non-hydrogen) atoms. The van der Waals surface area contributed by atoms with E-state index in [1.165, 1.54) is 113 Å². The highest BCUT2D eigenvalue weighted by molar-refractivity contribution is 5.85. The second-order valence-corrected chi connectivity index (χ2v) is 8.33. The molecule has 154 valence electrons. The fourth-order valence-corrected chi connectivity index (χ4v) is 4.07. The van der Waals surface area contributed by atoms with Gasteiger partial charge in [0, 0.05) is 0 Å². The van der Waals surface area contributed by atoms with Crippen LogP contribution in [0.2, 0.25) is 0 Å². The van der Waals surface area contributed by atoms with E-state index in [1.54, 1.807) is 0 Å². The smallest absolute Gasteiger partial charge is 0.0152 e. The van der Waals surface area contributed by atoms with Crippen LogP contribution in [0.25, 0.3) is 10.8 Å². The molecule has 0 aliphatic carbocycles. The molecule has 0 radical (unpaired) electrons. The average molecular weight is 379 g/mol. The van der Waals surface area contributed by atoms with Gasteiger partial charge in [-0.25, -0.2) is 0 Å². The maximum Gasteiger partial charge on any atom is -0.0152 e. The average Bonchev–Trinajstić information content (AvgIpc) is 2.73. The molecule has 2 aromatic carbocycles. The van der Waals surface area contributed by atoms with Gasteiger partial charge in [-0.1, -0.05) is 119 Å². The van der Waals surface area contributed by atoms with E-state index in [9.17, 15) is 0 Å². The van der Waals surface area contributed by atoms with Crippen LogP contribution in [0, 0.1) is 0 Å². The predicted octanol–water partition coefficient (Wildman–Crippen LogP) is 9.42. The molecule has 0 nitrogen and oxygen atoms in total. The van der Waals surface area contributed by atoms with Gasteiger partial charge in [0.15, 0.2) is 0 Å². The minimum Gasteiger partial charge on any atom is -0.0885 e. The summed E-state index contributed by atoms with van der Waals surface area (Å²) >= 11 is 0. The Bertz CT molecular complexity index is 647. The van der Waals surface area contributed by atoms with E-state index < -0.39 is 0 Å². The Morgan fingerprint density at radius 2 is 1.14 bits per heavy atom. The molecule has 0 saturated heterocycles.